The van der Waals surface area contributed by atoms with Gasteiger partial charge in [-0.15, -0.1) is 11.3 Å². The Bertz CT molecular complexity index is 611. The van der Waals surface area contributed by atoms with Crippen LogP contribution >= 0.6 is 11.3 Å². The second-order valence-corrected chi connectivity index (χ2v) is 5.87. The van der Waals surface area contributed by atoms with Gasteiger partial charge in [0.2, 0.25) is 5.91 Å². The van der Waals surface area contributed by atoms with E-state index in [1.54, 1.807) is 0 Å². The average Bonchev–Trinajstić information content (AvgIpc) is 2.80. The van der Waals surface area contributed by atoms with E-state index in [2.05, 4.69) is 15.2 Å². The number of benzene rings is 1. The lowest BCUT2D eigenvalue weighted by Crippen LogP contribution is -2.47. The topological polar surface area (TPSA) is 71.2 Å². The highest BCUT2D eigenvalue weighted by molar-refractivity contribution is 7.15. The highest BCUT2D eigenvalue weighted by atomic mass is 32.1. The number of carbonyl (C=O) groups excluding carboxylic acids is 1. The van der Waals surface area contributed by atoms with E-state index in [4.69, 9.17) is 5.73 Å². The first kappa shape index (κ1) is 13.1. The first-order valence-corrected chi connectivity index (χ1v) is 7.33. The van der Waals surface area contributed by atoms with E-state index in [1.165, 1.54) is 11.3 Å². The van der Waals surface area contributed by atoms with E-state index in [0.29, 0.717) is 24.8 Å². The van der Waals surface area contributed by atoms with Gasteiger partial charge in [-0.1, -0.05) is 30.3 Å². The van der Waals surface area contributed by atoms with Crippen LogP contribution in [0.1, 0.15) is 4.88 Å². The van der Waals surface area contributed by atoms with E-state index >= 15 is 0 Å². The van der Waals surface area contributed by atoms with Gasteiger partial charge in [0.1, 0.15) is 0 Å². The van der Waals surface area contributed by atoms with Gasteiger partial charge in [0.05, 0.1) is 12.2 Å². The number of hydrogen-bond donors (Lipinski definition) is 2. The van der Waals surface area contributed by atoms with Crippen molar-refractivity contribution in [2.24, 2.45) is 0 Å². The molecular weight excluding hydrogens is 272 g/mol. The minimum absolute atomic E-state index is 0.0787. The van der Waals surface area contributed by atoms with Gasteiger partial charge in [-0.25, -0.2) is 4.98 Å². The first-order chi connectivity index (χ1) is 9.72. The van der Waals surface area contributed by atoms with Crippen molar-refractivity contribution in [3.8, 4) is 11.3 Å². The van der Waals surface area contributed by atoms with Gasteiger partial charge >= 0.3 is 0 Å². The number of hydrogen-bond acceptors (Lipinski definition) is 5. The zero-order valence-electron chi connectivity index (χ0n) is 11.0. The lowest BCUT2D eigenvalue weighted by atomic mass is 10.1. The number of piperazine rings is 1. The zero-order valence-corrected chi connectivity index (χ0v) is 11.8. The summed E-state index contributed by atoms with van der Waals surface area (Å²) in [6, 6.07) is 10.0. The quantitative estimate of drug-likeness (QED) is 0.893. The van der Waals surface area contributed by atoms with Gasteiger partial charge in [-0.05, 0) is 0 Å². The fourth-order valence-corrected chi connectivity index (χ4v) is 3.22. The Labute approximate surface area is 121 Å². The molecule has 0 unspecified atom stereocenters. The van der Waals surface area contributed by atoms with Crippen LogP contribution in [0.5, 0.6) is 0 Å². The smallest absolute Gasteiger partial charge is 0.234 e. The van der Waals surface area contributed by atoms with Gasteiger partial charge in [0.25, 0.3) is 0 Å². The third kappa shape index (κ3) is 2.81. The van der Waals surface area contributed by atoms with Gasteiger partial charge in [0, 0.05) is 30.1 Å². The van der Waals surface area contributed by atoms with Crippen LogP contribution in [0.4, 0.5) is 5.13 Å². The predicted molar refractivity (Wildman–Crippen MR) is 80.2 cm³/mol. The van der Waals surface area contributed by atoms with E-state index in [9.17, 15) is 4.79 Å². The summed E-state index contributed by atoms with van der Waals surface area (Å²) in [7, 11) is 0. The fourth-order valence-electron chi connectivity index (χ4n) is 2.33. The molecule has 1 saturated heterocycles. The predicted octanol–water partition coefficient (Wildman–Crippen LogP) is 1.32. The molecule has 5 nitrogen and oxygen atoms in total. The van der Waals surface area contributed by atoms with Crippen LogP contribution in [0.2, 0.25) is 0 Å². The third-order valence-electron chi connectivity index (χ3n) is 3.25. The van der Waals surface area contributed by atoms with Crippen LogP contribution in [-0.4, -0.2) is 35.4 Å². The Kier molecular flexibility index (Phi) is 3.66. The fraction of sp³-hybridized carbons (Fsp3) is 0.286. The van der Waals surface area contributed by atoms with Crippen molar-refractivity contribution in [3.63, 3.8) is 0 Å². The highest BCUT2D eigenvalue weighted by Crippen LogP contribution is 2.30. The van der Waals surface area contributed by atoms with Crippen molar-refractivity contribution in [3.05, 3.63) is 35.2 Å². The van der Waals surface area contributed by atoms with Gasteiger partial charge < -0.3 is 11.1 Å². The molecule has 1 aliphatic heterocycles. The van der Waals surface area contributed by atoms with E-state index in [1.807, 2.05) is 30.3 Å². The van der Waals surface area contributed by atoms with E-state index < -0.39 is 0 Å². The van der Waals surface area contributed by atoms with Gasteiger partial charge in [-0.2, -0.15) is 0 Å². The normalized spacial score (nSPS) is 16.1. The first-order valence-electron chi connectivity index (χ1n) is 6.52. The summed E-state index contributed by atoms with van der Waals surface area (Å²) >= 11 is 1.50. The molecule has 0 aliphatic carbocycles. The summed E-state index contributed by atoms with van der Waals surface area (Å²) < 4.78 is 0. The molecule has 0 saturated carbocycles. The number of carbonyl (C=O) groups is 1. The largest absolute Gasteiger partial charge is 0.375 e. The summed E-state index contributed by atoms with van der Waals surface area (Å²) in [5.41, 5.74) is 7.86. The van der Waals surface area contributed by atoms with Gasteiger partial charge in [0.15, 0.2) is 5.13 Å². The van der Waals surface area contributed by atoms with Crippen LogP contribution in [0.3, 0.4) is 0 Å². The maximum absolute atomic E-state index is 11.4. The van der Waals surface area contributed by atoms with Crippen molar-refractivity contribution in [1.82, 2.24) is 15.2 Å². The maximum atomic E-state index is 11.4. The molecular formula is C14H16N4OS. The molecule has 1 aromatic carbocycles. The van der Waals surface area contributed by atoms with Crippen molar-refractivity contribution in [2.75, 3.05) is 25.4 Å². The lowest BCUT2D eigenvalue weighted by Gasteiger charge is -2.26. The number of rotatable bonds is 3. The number of aromatic nitrogens is 1. The second-order valence-electron chi connectivity index (χ2n) is 4.75. The molecule has 1 aromatic heterocycles. The number of thiazole rings is 1. The third-order valence-corrected chi connectivity index (χ3v) is 4.12. The number of nitrogens with zero attached hydrogens (tertiary/aromatic N) is 2. The van der Waals surface area contributed by atoms with Gasteiger partial charge in [-0.3, -0.25) is 9.69 Å². The second kappa shape index (κ2) is 5.60. The van der Waals surface area contributed by atoms with Crippen LogP contribution < -0.4 is 11.1 Å². The summed E-state index contributed by atoms with van der Waals surface area (Å²) in [5, 5.41) is 3.40. The lowest BCUT2D eigenvalue weighted by molar-refractivity contribution is -0.124. The van der Waals surface area contributed by atoms with E-state index in [0.717, 1.165) is 22.7 Å². The summed E-state index contributed by atoms with van der Waals surface area (Å²) in [6.45, 7) is 2.71. The Morgan fingerprint density at radius 1 is 1.35 bits per heavy atom. The van der Waals surface area contributed by atoms with Crippen LogP contribution in [0, 0.1) is 0 Å². The van der Waals surface area contributed by atoms with Crippen molar-refractivity contribution >= 4 is 22.4 Å². The minimum atomic E-state index is 0.0787. The Balaban J connectivity index is 1.85. The van der Waals surface area contributed by atoms with Crippen LogP contribution in [-0.2, 0) is 11.3 Å². The van der Waals surface area contributed by atoms with Crippen LogP contribution in [0.15, 0.2) is 30.3 Å². The molecule has 0 spiro atoms. The Hall–Kier alpha value is -1.92. The molecule has 2 heterocycles. The SMILES string of the molecule is Nc1nc(-c2ccccc2)c(CN2CCNC(=O)C2)s1. The van der Waals surface area contributed by atoms with Crippen molar-refractivity contribution in [1.29, 1.82) is 0 Å². The van der Waals surface area contributed by atoms with Crippen molar-refractivity contribution in [2.45, 2.75) is 6.54 Å². The van der Waals surface area contributed by atoms with Crippen LogP contribution in [0.25, 0.3) is 11.3 Å². The molecule has 0 radical (unpaired) electrons. The number of nitrogens with two attached hydrogens (primary N) is 1. The molecule has 0 bridgehead atoms. The summed E-state index contributed by atoms with van der Waals surface area (Å²) in [4.78, 5) is 19.1. The number of nitrogen functional groups attached to an aromatic ring is 1. The summed E-state index contributed by atoms with van der Waals surface area (Å²) in [6.07, 6.45) is 0. The molecule has 1 amide bonds. The summed E-state index contributed by atoms with van der Waals surface area (Å²) in [5.74, 6) is 0.0787. The molecule has 20 heavy (non-hydrogen) atoms. The number of nitrogens with one attached hydrogen (secondary N) is 1. The molecule has 0 atom stereocenters. The number of anilines is 1. The molecule has 3 N–H and O–H groups in total. The highest BCUT2D eigenvalue weighted by Gasteiger charge is 2.19. The molecule has 1 fully saturated rings. The monoisotopic (exact) mass is 288 g/mol. The molecule has 6 heteroatoms. The van der Waals surface area contributed by atoms with E-state index in [-0.39, 0.29) is 5.91 Å². The molecule has 2 aromatic rings. The Morgan fingerprint density at radius 2 is 2.15 bits per heavy atom. The zero-order chi connectivity index (χ0) is 13.9. The average molecular weight is 288 g/mol. The molecule has 104 valence electrons. The molecule has 1 aliphatic rings. The standard InChI is InChI=1S/C14H16N4OS/c15-14-17-13(10-4-2-1-3-5-10)11(20-14)8-18-7-6-16-12(19)9-18/h1-5H,6-9H2,(H2,15,17)(H,16,19). The molecule has 3 rings (SSSR count). The van der Waals surface area contributed by atoms with Crippen molar-refractivity contribution < 1.29 is 4.79 Å². The Morgan fingerprint density at radius 3 is 2.90 bits per heavy atom. The minimum Gasteiger partial charge on any atom is -0.375 e. The maximum Gasteiger partial charge on any atom is 0.234 e. The number of amides is 1.